The normalized spacial score (nSPS) is 10.5. The fourth-order valence-corrected chi connectivity index (χ4v) is 2.66. The second kappa shape index (κ2) is 7.61. The fourth-order valence-electron chi connectivity index (χ4n) is 2.66. The Morgan fingerprint density at radius 3 is 2.52 bits per heavy atom. The minimum absolute atomic E-state index is 0.154. The van der Waals surface area contributed by atoms with Crippen LogP contribution in [0.15, 0.2) is 83.5 Å². The lowest BCUT2D eigenvalue weighted by molar-refractivity contribution is 0.0947. The first-order chi connectivity index (χ1) is 13.3. The molecule has 0 spiro atoms. The summed E-state index contributed by atoms with van der Waals surface area (Å²) in [5.74, 6) is 0.508. The molecule has 1 amide bonds. The van der Waals surface area contributed by atoms with E-state index in [0.717, 1.165) is 16.7 Å². The SMILES string of the molecule is O=C(NCc1nnc(-c2cccnc2)o1)c1cccc(-c2ccccc2)c1. The van der Waals surface area contributed by atoms with E-state index >= 15 is 0 Å². The quantitative estimate of drug-likeness (QED) is 0.589. The molecule has 2 aromatic carbocycles. The van der Waals surface area contributed by atoms with Crippen LogP contribution in [0.4, 0.5) is 0 Å². The molecule has 0 aliphatic rings. The smallest absolute Gasteiger partial charge is 0.251 e. The Morgan fingerprint density at radius 2 is 1.70 bits per heavy atom. The third kappa shape index (κ3) is 3.90. The van der Waals surface area contributed by atoms with Crippen LogP contribution in [0.1, 0.15) is 16.2 Å². The Morgan fingerprint density at radius 1 is 0.889 bits per heavy atom. The third-order valence-electron chi connectivity index (χ3n) is 4.01. The molecule has 27 heavy (non-hydrogen) atoms. The van der Waals surface area contributed by atoms with E-state index in [1.807, 2.05) is 54.6 Å². The molecule has 6 heteroatoms. The zero-order valence-electron chi connectivity index (χ0n) is 14.4. The molecule has 0 aliphatic carbocycles. The lowest BCUT2D eigenvalue weighted by atomic mass is 10.0. The third-order valence-corrected chi connectivity index (χ3v) is 4.01. The van der Waals surface area contributed by atoms with E-state index in [1.54, 1.807) is 24.5 Å². The second-order valence-corrected chi connectivity index (χ2v) is 5.87. The second-order valence-electron chi connectivity index (χ2n) is 5.87. The van der Waals surface area contributed by atoms with Crippen molar-refractivity contribution >= 4 is 5.91 Å². The molecule has 2 heterocycles. The van der Waals surface area contributed by atoms with E-state index in [9.17, 15) is 4.79 Å². The lowest BCUT2D eigenvalue weighted by Gasteiger charge is -2.06. The Kier molecular flexibility index (Phi) is 4.70. The molecule has 0 saturated heterocycles. The standard InChI is InChI=1S/C21H16N4O2/c26-20(17-9-4-8-16(12-17)15-6-2-1-3-7-15)23-14-19-24-25-21(27-19)18-10-5-11-22-13-18/h1-13H,14H2,(H,23,26). The van der Waals surface area contributed by atoms with Gasteiger partial charge in [0, 0.05) is 18.0 Å². The van der Waals surface area contributed by atoms with Crippen LogP contribution in [-0.4, -0.2) is 21.1 Å². The fraction of sp³-hybridized carbons (Fsp3) is 0.0476. The van der Waals surface area contributed by atoms with Crippen molar-refractivity contribution in [1.82, 2.24) is 20.5 Å². The van der Waals surface area contributed by atoms with Gasteiger partial charge in [-0.2, -0.15) is 0 Å². The molecule has 0 atom stereocenters. The molecule has 2 aromatic heterocycles. The van der Waals surface area contributed by atoms with Crippen LogP contribution in [0.3, 0.4) is 0 Å². The molecule has 0 saturated carbocycles. The number of nitrogens with zero attached hydrogens (tertiary/aromatic N) is 3. The van der Waals surface area contributed by atoms with Crippen molar-refractivity contribution < 1.29 is 9.21 Å². The van der Waals surface area contributed by atoms with Crippen LogP contribution in [0, 0.1) is 0 Å². The van der Waals surface area contributed by atoms with E-state index in [0.29, 0.717) is 17.3 Å². The number of hydrogen-bond acceptors (Lipinski definition) is 5. The van der Waals surface area contributed by atoms with Gasteiger partial charge in [-0.3, -0.25) is 9.78 Å². The number of pyridine rings is 1. The number of rotatable bonds is 5. The number of amides is 1. The minimum atomic E-state index is -0.200. The number of carbonyl (C=O) groups is 1. The highest BCUT2D eigenvalue weighted by Crippen LogP contribution is 2.20. The molecule has 132 valence electrons. The van der Waals surface area contributed by atoms with Gasteiger partial charge < -0.3 is 9.73 Å². The average molecular weight is 356 g/mol. The first-order valence-electron chi connectivity index (χ1n) is 8.46. The number of aromatic nitrogens is 3. The maximum atomic E-state index is 12.5. The zero-order chi connectivity index (χ0) is 18.5. The van der Waals surface area contributed by atoms with Crippen molar-refractivity contribution in [3.05, 3.63) is 90.6 Å². The molecule has 0 fully saturated rings. The molecule has 0 aliphatic heterocycles. The lowest BCUT2D eigenvalue weighted by Crippen LogP contribution is -2.22. The summed E-state index contributed by atoms with van der Waals surface area (Å²) in [7, 11) is 0. The topological polar surface area (TPSA) is 80.9 Å². The monoisotopic (exact) mass is 356 g/mol. The summed E-state index contributed by atoms with van der Waals surface area (Å²) >= 11 is 0. The summed E-state index contributed by atoms with van der Waals surface area (Å²) in [5.41, 5.74) is 3.35. The predicted octanol–water partition coefficient (Wildman–Crippen LogP) is 3.73. The van der Waals surface area contributed by atoms with Crippen molar-refractivity contribution in [1.29, 1.82) is 0 Å². The Labute approximate surface area is 155 Å². The molecule has 6 nitrogen and oxygen atoms in total. The van der Waals surface area contributed by atoms with Crippen LogP contribution in [0.2, 0.25) is 0 Å². The largest absolute Gasteiger partial charge is 0.419 e. The molecular formula is C21H16N4O2. The Bertz CT molecular complexity index is 1050. The van der Waals surface area contributed by atoms with E-state index < -0.39 is 0 Å². The highest BCUT2D eigenvalue weighted by atomic mass is 16.4. The van der Waals surface area contributed by atoms with E-state index in [4.69, 9.17) is 4.42 Å². The van der Waals surface area contributed by atoms with Crippen LogP contribution in [-0.2, 0) is 6.54 Å². The number of nitrogens with one attached hydrogen (secondary N) is 1. The molecule has 4 rings (SSSR count). The van der Waals surface area contributed by atoms with Gasteiger partial charge in [0.05, 0.1) is 12.1 Å². The summed E-state index contributed by atoms with van der Waals surface area (Å²) in [5, 5.41) is 10.8. The maximum absolute atomic E-state index is 12.5. The number of carbonyl (C=O) groups excluding carboxylic acids is 1. The van der Waals surface area contributed by atoms with Crippen LogP contribution >= 0.6 is 0 Å². The maximum Gasteiger partial charge on any atom is 0.251 e. The van der Waals surface area contributed by atoms with Gasteiger partial charge in [0.25, 0.3) is 5.91 Å². The van der Waals surface area contributed by atoms with Crippen molar-refractivity contribution in [2.75, 3.05) is 0 Å². The van der Waals surface area contributed by atoms with Gasteiger partial charge in [0.1, 0.15) is 0 Å². The van der Waals surface area contributed by atoms with Gasteiger partial charge in [0.2, 0.25) is 11.8 Å². The molecule has 0 unspecified atom stereocenters. The van der Waals surface area contributed by atoms with E-state index in [-0.39, 0.29) is 12.5 Å². The summed E-state index contributed by atoms with van der Waals surface area (Å²) in [6.45, 7) is 0.154. The van der Waals surface area contributed by atoms with Crippen molar-refractivity contribution in [2.24, 2.45) is 0 Å². The molecular weight excluding hydrogens is 340 g/mol. The summed E-state index contributed by atoms with van der Waals surface area (Å²) in [6, 6.07) is 21.0. The zero-order valence-corrected chi connectivity index (χ0v) is 14.4. The van der Waals surface area contributed by atoms with Crippen LogP contribution in [0.25, 0.3) is 22.6 Å². The molecule has 1 N–H and O–H groups in total. The first-order valence-corrected chi connectivity index (χ1v) is 8.46. The van der Waals surface area contributed by atoms with Gasteiger partial charge in [-0.1, -0.05) is 42.5 Å². The first kappa shape index (κ1) is 16.7. The summed E-state index contributed by atoms with van der Waals surface area (Å²) in [6.07, 6.45) is 3.31. The Balaban J connectivity index is 1.44. The minimum Gasteiger partial charge on any atom is -0.419 e. The van der Waals surface area contributed by atoms with Crippen molar-refractivity contribution in [3.8, 4) is 22.6 Å². The molecule has 4 aromatic rings. The average Bonchev–Trinajstić information content (AvgIpc) is 3.22. The van der Waals surface area contributed by atoms with E-state index in [2.05, 4.69) is 20.5 Å². The van der Waals surface area contributed by atoms with Crippen LogP contribution in [0.5, 0.6) is 0 Å². The van der Waals surface area contributed by atoms with Gasteiger partial charge >= 0.3 is 0 Å². The number of hydrogen-bond donors (Lipinski definition) is 1. The van der Waals surface area contributed by atoms with Crippen molar-refractivity contribution in [2.45, 2.75) is 6.54 Å². The highest BCUT2D eigenvalue weighted by molar-refractivity contribution is 5.95. The van der Waals surface area contributed by atoms with E-state index in [1.165, 1.54) is 0 Å². The summed E-state index contributed by atoms with van der Waals surface area (Å²) < 4.78 is 5.57. The number of benzene rings is 2. The van der Waals surface area contributed by atoms with Crippen LogP contribution < -0.4 is 5.32 Å². The van der Waals surface area contributed by atoms with Gasteiger partial charge in [-0.15, -0.1) is 10.2 Å². The highest BCUT2D eigenvalue weighted by Gasteiger charge is 2.11. The van der Waals surface area contributed by atoms with Crippen molar-refractivity contribution in [3.63, 3.8) is 0 Å². The van der Waals surface area contributed by atoms with Gasteiger partial charge in [-0.05, 0) is 35.4 Å². The summed E-state index contributed by atoms with van der Waals surface area (Å²) in [4.78, 5) is 16.5. The van der Waals surface area contributed by atoms with Gasteiger partial charge in [0.15, 0.2) is 0 Å². The van der Waals surface area contributed by atoms with Gasteiger partial charge in [-0.25, -0.2) is 0 Å². The predicted molar refractivity (Wildman–Crippen MR) is 101 cm³/mol. The Hall–Kier alpha value is -3.80. The molecule has 0 radical (unpaired) electrons. The molecule has 0 bridgehead atoms.